The Morgan fingerprint density at radius 3 is 3.04 bits per heavy atom. The molecule has 1 aliphatic rings. The Morgan fingerprint density at radius 2 is 2.29 bits per heavy atom. The van der Waals surface area contributed by atoms with E-state index in [1.54, 1.807) is 30.6 Å². The molecule has 2 atom stereocenters. The molecule has 3 aromatic rings. The first-order chi connectivity index (χ1) is 13.5. The third-order valence-electron chi connectivity index (χ3n) is 4.79. The molecule has 0 spiro atoms. The molecule has 1 aliphatic heterocycles. The van der Waals surface area contributed by atoms with Gasteiger partial charge in [0.2, 0.25) is 5.76 Å². The molecule has 3 heterocycles. The zero-order chi connectivity index (χ0) is 19.8. The minimum atomic E-state index is -0.444. The van der Waals surface area contributed by atoms with E-state index in [2.05, 4.69) is 10.3 Å². The molecule has 28 heavy (non-hydrogen) atoms. The van der Waals surface area contributed by atoms with E-state index >= 15 is 0 Å². The van der Waals surface area contributed by atoms with Gasteiger partial charge in [0.15, 0.2) is 0 Å². The molecule has 0 bridgehead atoms. The molecule has 1 saturated heterocycles. The van der Waals surface area contributed by atoms with Crippen LogP contribution in [0.3, 0.4) is 0 Å². The number of fused-ring (bicyclic) bond motifs is 1. The molecule has 4 rings (SSSR count). The van der Waals surface area contributed by atoms with Crippen molar-refractivity contribution in [2.24, 2.45) is 5.73 Å². The van der Waals surface area contributed by atoms with Gasteiger partial charge in [-0.05, 0) is 53.3 Å². The van der Waals surface area contributed by atoms with E-state index in [1.807, 2.05) is 22.6 Å². The lowest BCUT2D eigenvalue weighted by molar-refractivity contribution is 0.0649. The van der Waals surface area contributed by atoms with Crippen molar-refractivity contribution >= 4 is 50.8 Å². The fourth-order valence-electron chi connectivity index (χ4n) is 3.45. The Labute approximate surface area is 173 Å². The van der Waals surface area contributed by atoms with Gasteiger partial charge in [-0.1, -0.05) is 0 Å². The van der Waals surface area contributed by atoms with Crippen LogP contribution < -0.4 is 11.1 Å². The molecule has 0 unspecified atom stereocenters. The molecule has 2 aromatic heterocycles. The van der Waals surface area contributed by atoms with E-state index in [-0.39, 0.29) is 30.1 Å². The number of amides is 1. The largest absolute Gasteiger partial charge is 0.448 e. The van der Waals surface area contributed by atoms with Gasteiger partial charge in [-0.2, -0.15) is 0 Å². The van der Waals surface area contributed by atoms with Crippen LogP contribution in [-0.4, -0.2) is 46.1 Å². The minimum absolute atomic E-state index is 0.0356. The van der Waals surface area contributed by atoms with Crippen molar-refractivity contribution in [1.29, 1.82) is 0 Å². The Bertz CT molecular complexity index is 1040. The third-order valence-corrected chi connectivity index (χ3v) is 5.46. The van der Waals surface area contributed by atoms with Crippen molar-refractivity contribution in [1.82, 2.24) is 9.88 Å². The highest BCUT2D eigenvalue weighted by Crippen LogP contribution is 2.35. The lowest BCUT2D eigenvalue weighted by atomic mass is 10.2. The number of nitrogens with one attached hydrogen (secondary N) is 1. The average molecular weight is 496 g/mol. The zero-order valence-electron chi connectivity index (χ0n) is 14.7. The monoisotopic (exact) mass is 496 g/mol. The summed E-state index contributed by atoms with van der Waals surface area (Å²) in [6, 6.07) is 5.81. The topological polar surface area (TPSA) is 105 Å². The van der Waals surface area contributed by atoms with Gasteiger partial charge in [-0.15, -0.1) is 0 Å². The SMILES string of the molecule is N[C@@H]1C[C@H](CO)N(C(=O)c2oc3ccncc3c2Nc2ccc(I)cc2F)C1. The summed E-state index contributed by atoms with van der Waals surface area (Å²) in [4.78, 5) is 18.8. The number of aliphatic hydroxyl groups is 1. The van der Waals surface area contributed by atoms with Crippen LogP contribution in [0.4, 0.5) is 15.8 Å². The van der Waals surface area contributed by atoms with Crippen molar-refractivity contribution in [3.63, 3.8) is 0 Å². The van der Waals surface area contributed by atoms with Gasteiger partial charge in [-0.3, -0.25) is 9.78 Å². The predicted molar refractivity (Wildman–Crippen MR) is 111 cm³/mol. The summed E-state index contributed by atoms with van der Waals surface area (Å²) in [6.07, 6.45) is 3.62. The van der Waals surface area contributed by atoms with Gasteiger partial charge < -0.3 is 25.5 Å². The van der Waals surface area contributed by atoms with E-state index in [9.17, 15) is 14.3 Å². The maximum absolute atomic E-state index is 14.4. The van der Waals surface area contributed by atoms with Crippen LogP contribution in [0, 0.1) is 9.39 Å². The highest BCUT2D eigenvalue weighted by atomic mass is 127. The molecule has 1 amide bonds. The second-order valence-electron chi connectivity index (χ2n) is 6.72. The second kappa shape index (κ2) is 7.64. The smallest absolute Gasteiger partial charge is 0.292 e. The Kier molecular flexibility index (Phi) is 5.21. The molecule has 7 nitrogen and oxygen atoms in total. The van der Waals surface area contributed by atoms with Crippen LogP contribution in [0.25, 0.3) is 11.0 Å². The van der Waals surface area contributed by atoms with Gasteiger partial charge in [0.05, 0.1) is 23.7 Å². The quantitative estimate of drug-likeness (QED) is 0.480. The van der Waals surface area contributed by atoms with Crippen LogP contribution in [0.2, 0.25) is 0 Å². The number of aliphatic hydroxyl groups excluding tert-OH is 1. The van der Waals surface area contributed by atoms with Crippen LogP contribution in [0.15, 0.2) is 41.1 Å². The van der Waals surface area contributed by atoms with E-state index < -0.39 is 11.7 Å². The van der Waals surface area contributed by atoms with Gasteiger partial charge >= 0.3 is 0 Å². The molecule has 0 saturated carbocycles. The fraction of sp³-hybridized carbons (Fsp3) is 0.263. The van der Waals surface area contributed by atoms with Crippen LogP contribution in [0.5, 0.6) is 0 Å². The summed E-state index contributed by atoms with van der Waals surface area (Å²) in [5, 5.41) is 13.1. The highest BCUT2D eigenvalue weighted by molar-refractivity contribution is 14.1. The Balaban J connectivity index is 1.78. The number of benzene rings is 1. The average Bonchev–Trinajstić information content (AvgIpc) is 3.24. The van der Waals surface area contributed by atoms with E-state index in [4.69, 9.17) is 10.2 Å². The number of carbonyl (C=O) groups is 1. The molecule has 0 radical (unpaired) electrons. The van der Waals surface area contributed by atoms with Crippen molar-refractivity contribution in [3.8, 4) is 0 Å². The first kappa shape index (κ1) is 19.1. The summed E-state index contributed by atoms with van der Waals surface area (Å²) < 4.78 is 20.9. The highest BCUT2D eigenvalue weighted by Gasteiger charge is 2.36. The number of hydrogen-bond donors (Lipinski definition) is 3. The number of hydrogen-bond acceptors (Lipinski definition) is 6. The Hall–Kier alpha value is -2.24. The van der Waals surface area contributed by atoms with Gasteiger partial charge in [0, 0.05) is 28.6 Å². The standard InChI is InChI=1S/C19H18FIN4O3/c20-14-5-10(21)1-2-15(14)24-17-13-7-23-4-3-16(13)28-18(17)19(27)25-8-11(22)6-12(25)9-26/h1-5,7,11-12,24,26H,6,8-9,22H2/t11-,12-/m1/s1. The van der Waals surface area contributed by atoms with Gasteiger partial charge in [0.25, 0.3) is 5.91 Å². The fourth-order valence-corrected chi connectivity index (χ4v) is 3.90. The lowest BCUT2D eigenvalue weighted by Crippen LogP contribution is -2.38. The first-order valence-corrected chi connectivity index (χ1v) is 9.81. The number of halogens is 2. The molecular formula is C19H18FIN4O3. The molecular weight excluding hydrogens is 478 g/mol. The van der Waals surface area contributed by atoms with Crippen molar-refractivity contribution in [2.45, 2.75) is 18.5 Å². The molecule has 0 aliphatic carbocycles. The summed E-state index contributed by atoms with van der Waals surface area (Å²) in [5.41, 5.74) is 6.98. The summed E-state index contributed by atoms with van der Waals surface area (Å²) in [6.45, 7) is 0.131. The summed E-state index contributed by atoms with van der Waals surface area (Å²) in [7, 11) is 0. The second-order valence-corrected chi connectivity index (χ2v) is 7.96. The minimum Gasteiger partial charge on any atom is -0.448 e. The van der Waals surface area contributed by atoms with E-state index in [0.717, 1.165) is 3.57 Å². The normalized spacial score (nSPS) is 19.4. The zero-order valence-corrected chi connectivity index (χ0v) is 16.9. The molecule has 146 valence electrons. The van der Waals surface area contributed by atoms with Gasteiger partial charge in [-0.25, -0.2) is 4.39 Å². The molecule has 9 heteroatoms. The van der Waals surface area contributed by atoms with Crippen LogP contribution in [0.1, 0.15) is 17.0 Å². The summed E-state index contributed by atoms with van der Waals surface area (Å²) in [5.74, 6) is -0.815. The van der Waals surface area contributed by atoms with Crippen LogP contribution in [-0.2, 0) is 0 Å². The van der Waals surface area contributed by atoms with Crippen LogP contribution >= 0.6 is 22.6 Å². The lowest BCUT2D eigenvalue weighted by Gasteiger charge is -2.22. The maximum atomic E-state index is 14.4. The number of carbonyl (C=O) groups excluding carboxylic acids is 1. The number of aromatic nitrogens is 1. The number of pyridine rings is 1. The van der Waals surface area contributed by atoms with Crippen molar-refractivity contribution in [3.05, 3.63) is 51.8 Å². The number of anilines is 2. The van der Waals surface area contributed by atoms with Gasteiger partial charge in [0.1, 0.15) is 17.1 Å². The number of nitrogens with two attached hydrogens (primary N) is 1. The molecule has 4 N–H and O–H groups in total. The maximum Gasteiger partial charge on any atom is 0.292 e. The van der Waals surface area contributed by atoms with Crippen molar-refractivity contribution in [2.75, 3.05) is 18.5 Å². The number of nitrogens with zero attached hydrogens (tertiary/aromatic N) is 2. The number of rotatable bonds is 4. The predicted octanol–water partition coefficient (Wildman–Crippen LogP) is 2.85. The first-order valence-electron chi connectivity index (χ1n) is 8.74. The molecule has 1 aromatic carbocycles. The Morgan fingerprint density at radius 1 is 1.46 bits per heavy atom. The van der Waals surface area contributed by atoms with E-state index in [0.29, 0.717) is 29.6 Å². The number of likely N-dealkylation sites (tertiary alicyclic amines) is 1. The van der Waals surface area contributed by atoms with Crippen molar-refractivity contribution < 1.29 is 18.7 Å². The number of furan rings is 1. The molecule has 1 fully saturated rings. The summed E-state index contributed by atoms with van der Waals surface area (Å²) >= 11 is 2.02. The van der Waals surface area contributed by atoms with E-state index in [1.165, 1.54) is 11.0 Å². The third kappa shape index (κ3) is 3.45.